The molecule has 0 fully saturated rings. The van der Waals surface area contributed by atoms with Crippen molar-refractivity contribution in [2.75, 3.05) is 13.7 Å². The maximum absolute atomic E-state index is 10.8. The highest BCUT2D eigenvalue weighted by atomic mass is 16.5. The summed E-state index contributed by atoms with van der Waals surface area (Å²) in [5, 5.41) is 8.88. The number of rotatable bonds is 4. The minimum Gasteiger partial charge on any atom is -0.481 e. The maximum Gasteiger partial charge on any atom is 0.307 e. The Balaban J connectivity index is 4.15. The fourth-order valence-corrected chi connectivity index (χ4v) is 1.16. The fourth-order valence-electron chi connectivity index (χ4n) is 1.16. The zero-order valence-electron chi connectivity index (χ0n) is 8.26. The van der Waals surface area contributed by atoms with Crippen molar-refractivity contribution in [3.8, 4) is 0 Å². The van der Waals surface area contributed by atoms with E-state index >= 15 is 0 Å². The van der Waals surface area contributed by atoms with Gasteiger partial charge in [0, 0.05) is 13.7 Å². The SMILES string of the molecule is COCCC(C(=O)O)C(C)(C)C. The second kappa shape index (κ2) is 4.45. The smallest absolute Gasteiger partial charge is 0.307 e. The molecule has 0 bridgehead atoms. The van der Waals surface area contributed by atoms with Crippen molar-refractivity contribution in [2.45, 2.75) is 27.2 Å². The van der Waals surface area contributed by atoms with E-state index in [2.05, 4.69) is 0 Å². The van der Waals surface area contributed by atoms with E-state index < -0.39 is 5.97 Å². The molecule has 1 N–H and O–H groups in total. The Hall–Kier alpha value is -0.570. The van der Waals surface area contributed by atoms with Gasteiger partial charge in [0.1, 0.15) is 0 Å². The molecular weight excluding hydrogens is 156 g/mol. The van der Waals surface area contributed by atoms with Crippen LogP contribution >= 0.6 is 0 Å². The first-order chi connectivity index (χ1) is 5.39. The van der Waals surface area contributed by atoms with Crippen LogP contribution < -0.4 is 0 Å². The number of carboxylic acid groups (broad SMARTS) is 1. The molecule has 0 heterocycles. The standard InChI is InChI=1S/C9H18O3/c1-9(2,3)7(8(10)11)5-6-12-4/h7H,5-6H2,1-4H3,(H,10,11). The summed E-state index contributed by atoms with van der Waals surface area (Å²) in [6.07, 6.45) is 0.579. The van der Waals surface area contributed by atoms with E-state index in [1.54, 1.807) is 7.11 Å². The van der Waals surface area contributed by atoms with Gasteiger partial charge in [-0.15, -0.1) is 0 Å². The van der Waals surface area contributed by atoms with E-state index in [0.29, 0.717) is 13.0 Å². The molecule has 0 rings (SSSR count). The average Bonchev–Trinajstić information content (AvgIpc) is 1.84. The van der Waals surface area contributed by atoms with Crippen molar-refractivity contribution in [3.63, 3.8) is 0 Å². The van der Waals surface area contributed by atoms with E-state index in [4.69, 9.17) is 9.84 Å². The van der Waals surface area contributed by atoms with Gasteiger partial charge in [0.2, 0.25) is 0 Å². The van der Waals surface area contributed by atoms with Crippen molar-refractivity contribution < 1.29 is 14.6 Å². The highest BCUT2D eigenvalue weighted by molar-refractivity contribution is 5.70. The van der Waals surface area contributed by atoms with Crippen molar-refractivity contribution >= 4 is 5.97 Å². The number of hydrogen-bond acceptors (Lipinski definition) is 2. The molecule has 0 aromatic heterocycles. The Bertz CT molecular complexity index is 146. The first kappa shape index (κ1) is 11.4. The maximum atomic E-state index is 10.8. The molecule has 0 saturated heterocycles. The zero-order chi connectivity index (χ0) is 9.78. The lowest BCUT2D eigenvalue weighted by Crippen LogP contribution is -2.29. The van der Waals surface area contributed by atoms with Crippen LogP contribution in [0, 0.1) is 11.3 Å². The van der Waals surface area contributed by atoms with E-state index in [9.17, 15) is 4.79 Å². The summed E-state index contributed by atoms with van der Waals surface area (Å²) in [5.41, 5.74) is -0.190. The average molecular weight is 174 g/mol. The third-order valence-electron chi connectivity index (χ3n) is 1.95. The van der Waals surface area contributed by atoms with Gasteiger partial charge in [-0.05, 0) is 11.8 Å². The first-order valence-electron chi connectivity index (χ1n) is 4.11. The van der Waals surface area contributed by atoms with Crippen LogP contribution in [-0.2, 0) is 9.53 Å². The summed E-state index contributed by atoms with van der Waals surface area (Å²) < 4.78 is 4.85. The number of aliphatic carboxylic acids is 1. The minimum absolute atomic E-state index is 0.190. The predicted octanol–water partition coefficient (Wildman–Crippen LogP) is 1.77. The van der Waals surface area contributed by atoms with Gasteiger partial charge in [-0.25, -0.2) is 0 Å². The van der Waals surface area contributed by atoms with Gasteiger partial charge in [0.15, 0.2) is 0 Å². The molecule has 0 saturated carbocycles. The zero-order valence-corrected chi connectivity index (χ0v) is 8.26. The topological polar surface area (TPSA) is 46.5 Å². The molecule has 0 radical (unpaired) electrons. The molecule has 0 aliphatic rings. The molecule has 1 unspecified atom stereocenters. The molecule has 3 heteroatoms. The summed E-state index contributed by atoms with van der Waals surface area (Å²) in [6.45, 7) is 6.30. The Kier molecular flexibility index (Phi) is 4.24. The van der Waals surface area contributed by atoms with Gasteiger partial charge in [-0.1, -0.05) is 20.8 Å². The molecule has 3 nitrogen and oxygen atoms in total. The molecule has 72 valence electrons. The van der Waals surface area contributed by atoms with Crippen LogP contribution in [0.25, 0.3) is 0 Å². The van der Waals surface area contributed by atoms with Crippen molar-refractivity contribution in [1.82, 2.24) is 0 Å². The number of carboxylic acids is 1. The summed E-state index contributed by atoms with van der Waals surface area (Å²) >= 11 is 0. The molecule has 12 heavy (non-hydrogen) atoms. The lowest BCUT2D eigenvalue weighted by atomic mass is 9.79. The number of ether oxygens (including phenoxy) is 1. The molecule has 0 aromatic carbocycles. The van der Waals surface area contributed by atoms with Crippen LogP contribution in [0.4, 0.5) is 0 Å². The quantitative estimate of drug-likeness (QED) is 0.706. The second-order valence-electron chi connectivity index (χ2n) is 4.04. The molecular formula is C9H18O3. The van der Waals surface area contributed by atoms with E-state index in [-0.39, 0.29) is 11.3 Å². The van der Waals surface area contributed by atoms with Crippen LogP contribution in [0.5, 0.6) is 0 Å². The number of hydrogen-bond donors (Lipinski definition) is 1. The van der Waals surface area contributed by atoms with Gasteiger partial charge in [-0.2, -0.15) is 0 Å². The molecule has 0 amide bonds. The van der Waals surface area contributed by atoms with Crippen molar-refractivity contribution in [1.29, 1.82) is 0 Å². The van der Waals surface area contributed by atoms with Crippen LogP contribution in [0.15, 0.2) is 0 Å². The molecule has 1 atom stereocenters. The fraction of sp³-hybridized carbons (Fsp3) is 0.889. The number of carbonyl (C=O) groups is 1. The Morgan fingerprint density at radius 2 is 2.00 bits per heavy atom. The van der Waals surface area contributed by atoms with Crippen LogP contribution in [0.2, 0.25) is 0 Å². The van der Waals surface area contributed by atoms with Crippen LogP contribution in [0.3, 0.4) is 0 Å². The highest BCUT2D eigenvalue weighted by Crippen LogP contribution is 2.28. The Morgan fingerprint density at radius 1 is 1.50 bits per heavy atom. The van der Waals surface area contributed by atoms with Gasteiger partial charge in [0.05, 0.1) is 5.92 Å². The van der Waals surface area contributed by atoms with Crippen molar-refractivity contribution in [3.05, 3.63) is 0 Å². The summed E-state index contributed by atoms with van der Waals surface area (Å²) in [5.74, 6) is -1.06. The van der Waals surface area contributed by atoms with Crippen LogP contribution in [0.1, 0.15) is 27.2 Å². The van der Waals surface area contributed by atoms with E-state index in [1.165, 1.54) is 0 Å². The van der Waals surface area contributed by atoms with Gasteiger partial charge in [-0.3, -0.25) is 4.79 Å². The predicted molar refractivity (Wildman–Crippen MR) is 47.1 cm³/mol. The second-order valence-corrected chi connectivity index (χ2v) is 4.04. The van der Waals surface area contributed by atoms with Crippen LogP contribution in [-0.4, -0.2) is 24.8 Å². The summed E-state index contributed by atoms with van der Waals surface area (Å²) in [6, 6.07) is 0. The normalized spacial score (nSPS) is 14.3. The largest absolute Gasteiger partial charge is 0.481 e. The summed E-state index contributed by atoms with van der Waals surface area (Å²) in [4.78, 5) is 10.8. The lowest BCUT2D eigenvalue weighted by molar-refractivity contribution is -0.146. The minimum atomic E-state index is -0.737. The lowest BCUT2D eigenvalue weighted by Gasteiger charge is -2.26. The Morgan fingerprint density at radius 3 is 2.25 bits per heavy atom. The van der Waals surface area contributed by atoms with Crippen molar-refractivity contribution in [2.24, 2.45) is 11.3 Å². The first-order valence-corrected chi connectivity index (χ1v) is 4.11. The molecule has 0 spiro atoms. The van der Waals surface area contributed by atoms with Gasteiger partial charge >= 0.3 is 5.97 Å². The molecule has 0 aliphatic heterocycles. The van der Waals surface area contributed by atoms with Gasteiger partial charge in [0.25, 0.3) is 0 Å². The van der Waals surface area contributed by atoms with E-state index in [1.807, 2.05) is 20.8 Å². The monoisotopic (exact) mass is 174 g/mol. The number of methoxy groups -OCH3 is 1. The molecule has 0 aliphatic carbocycles. The molecule has 0 aromatic rings. The highest BCUT2D eigenvalue weighted by Gasteiger charge is 2.30. The summed E-state index contributed by atoms with van der Waals surface area (Å²) in [7, 11) is 1.58. The Labute approximate surface area is 73.7 Å². The van der Waals surface area contributed by atoms with Gasteiger partial charge < -0.3 is 9.84 Å². The third-order valence-corrected chi connectivity index (χ3v) is 1.95. The third kappa shape index (κ3) is 3.72. The van der Waals surface area contributed by atoms with E-state index in [0.717, 1.165) is 0 Å².